The number of aromatic nitrogens is 1. The van der Waals surface area contributed by atoms with E-state index in [2.05, 4.69) is 20.9 Å². The van der Waals surface area contributed by atoms with Gasteiger partial charge in [0, 0.05) is 65.9 Å². The van der Waals surface area contributed by atoms with Crippen molar-refractivity contribution in [2.75, 3.05) is 34.7 Å². The number of benzene rings is 2. The summed E-state index contributed by atoms with van der Waals surface area (Å²) in [5.41, 5.74) is 1.13. The molecule has 2 aliphatic heterocycles. The zero-order valence-electron chi connectivity index (χ0n) is 53.0. The van der Waals surface area contributed by atoms with E-state index in [0.29, 0.717) is 30.4 Å². The summed E-state index contributed by atoms with van der Waals surface area (Å²) in [7, 11) is 5.67. The molecule has 2 aromatic carbocycles. The number of ether oxygens (including phenoxy) is 1. The quantitative estimate of drug-likeness (QED) is 0.148. The van der Waals surface area contributed by atoms with Crippen LogP contribution in [-0.4, -0.2) is 183 Å². The lowest BCUT2D eigenvalue weighted by molar-refractivity contribution is -0.177. The Morgan fingerprint density at radius 2 is 1.15 bits per heavy atom. The first-order valence-electron chi connectivity index (χ1n) is 30.2. The molecule has 2 saturated heterocycles. The molecule has 2 unspecified atom stereocenters. The standard InChI is InChI=1S/C65H95N9O11/c1-17-41(9)51-62(81)71(14)52(39(5)6)57(76)67-47(34-38(3)4)60(79)73(16)55(65(11,12)84)64(83)85-54(42(10)18-2)63(82)72(15)53(40(7)8)58(77)68-48(35-43-24-20-19-21-25-43)59(78)70(13)50(61(80)74-33-23-27-49(74)56(75)69-51)36-44-28-30-45(31-29-44)46-26-22-32-66-37-46/h19-22,24-26,28-32,37-42,47-55,84H,17-18,23,27,33-36H2,1-16H3,(H,67,76)(H,68,77)(H,69,75)/t41?,42?,47-,48-,49-,50-,51-,52-,53-,54+,55+/m0/s1. The van der Waals surface area contributed by atoms with Crippen LogP contribution < -0.4 is 16.0 Å². The van der Waals surface area contributed by atoms with Crippen molar-refractivity contribution in [1.29, 1.82) is 0 Å². The first-order chi connectivity index (χ1) is 39.9. The number of nitrogens with one attached hydrogen (secondary N) is 3. The molecule has 8 amide bonds. The number of rotatable bonds is 14. The summed E-state index contributed by atoms with van der Waals surface area (Å²) in [6.07, 6.45) is 3.37. The van der Waals surface area contributed by atoms with E-state index in [4.69, 9.17) is 4.74 Å². The molecule has 2 fully saturated rings. The van der Waals surface area contributed by atoms with E-state index in [1.165, 1.54) is 61.6 Å². The fraction of sp³-hybridized carbons (Fsp3) is 0.600. The molecule has 85 heavy (non-hydrogen) atoms. The Morgan fingerprint density at radius 1 is 0.600 bits per heavy atom. The molecule has 3 heterocycles. The predicted octanol–water partition coefficient (Wildman–Crippen LogP) is 5.43. The van der Waals surface area contributed by atoms with E-state index in [-0.39, 0.29) is 38.1 Å². The van der Waals surface area contributed by atoms with E-state index < -0.39 is 137 Å². The fourth-order valence-electron chi connectivity index (χ4n) is 11.7. The average Bonchev–Trinajstić information content (AvgIpc) is 2.85. The lowest BCUT2D eigenvalue weighted by atomic mass is 9.93. The van der Waals surface area contributed by atoms with Crippen molar-refractivity contribution >= 4 is 53.2 Å². The summed E-state index contributed by atoms with van der Waals surface area (Å²) in [5, 5.41) is 20.6. The molecule has 0 saturated carbocycles. The maximum atomic E-state index is 15.6. The van der Waals surface area contributed by atoms with Gasteiger partial charge in [-0.2, -0.15) is 0 Å². The van der Waals surface area contributed by atoms with Crippen LogP contribution in [-0.2, 0) is 60.7 Å². The number of esters is 1. The Labute approximate surface area is 503 Å². The molecule has 3 aromatic rings. The largest absolute Gasteiger partial charge is 0.450 e. The topological polar surface area (TPSA) is 248 Å². The number of amides is 8. The summed E-state index contributed by atoms with van der Waals surface area (Å²) in [6, 6.07) is 10.1. The summed E-state index contributed by atoms with van der Waals surface area (Å²) in [5.74, 6) is -8.81. The molecular formula is C65H95N9O11. The average molecular weight is 1180 g/mol. The highest BCUT2D eigenvalue weighted by atomic mass is 16.6. The Morgan fingerprint density at radius 3 is 1.68 bits per heavy atom. The van der Waals surface area contributed by atoms with Crippen LogP contribution in [0.5, 0.6) is 0 Å². The van der Waals surface area contributed by atoms with Crippen LogP contribution in [0.25, 0.3) is 11.1 Å². The van der Waals surface area contributed by atoms with Crippen molar-refractivity contribution < 1.29 is 53.0 Å². The SMILES string of the molecule is CCC(C)[C@@H]1NC(=O)[C@@H]2CCCN2C(=O)[C@H](Cc2ccc(-c3cccnc3)cc2)N(C)C(=O)[C@H](Cc2ccccc2)NC(=O)[C@H](C(C)C)N(C)C(=O)[C@@H](C(C)CC)OC(=O)[C@H](C(C)(C)O)N(C)C(=O)[C@H](CC(C)C)NC(=O)[C@H](C(C)C)N(C)C1=O. The minimum Gasteiger partial charge on any atom is -0.450 e. The second-order valence-corrected chi connectivity index (χ2v) is 25.1. The van der Waals surface area contributed by atoms with Gasteiger partial charge in [-0.3, -0.25) is 43.3 Å². The molecule has 0 radical (unpaired) electrons. The van der Waals surface area contributed by atoms with Crippen molar-refractivity contribution in [1.82, 2.24) is 45.4 Å². The number of hydrogen-bond acceptors (Lipinski definition) is 12. The summed E-state index contributed by atoms with van der Waals surface area (Å²) < 4.78 is 6.12. The molecule has 2 aliphatic rings. The number of fused-ring (bicyclic) bond motifs is 1. The molecule has 11 atom stereocenters. The van der Waals surface area contributed by atoms with Crippen LogP contribution in [0.4, 0.5) is 0 Å². The first kappa shape index (κ1) is 68.6. The fourth-order valence-corrected chi connectivity index (χ4v) is 11.7. The van der Waals surface area contributed by atoms with Gasteiger partial charge in [0.2, 0.25) is 41.4 Å². The third-order valence-corrected chi connectivity index (χ3v) is 16.9. The Balaban J connectivity index is 1.71. The van der Waals surface area contributed by atoms with Gasteiger partial charge in [-0.25, -0.2) is 4.79 Å². The molecule has 0 spiro atoms. The second kappa shape index (κ2) is 30.2. The minimum absolute atomic E-state index is 0.00200. The van der Waals surface area contributed by atoms with Crippen LogP contribution in [0.1, 0.15) is 126 Å². The molecule has 20 nitrogen and oxygen atoms in total. The van der Waals surface area contributed by atoms with Crippen LogP contribution in [0.15, 0.2) is 79.1 Å². The molecule has 0 aliphatic carbocycles. The highest BCUT2D eigenvalue weighted by molar-refractivity contribution is 5.99. The highest BCUT2D eigenvalue weighted by Gasteiger charge is 2.48. The highest BCUT2D eigenvalue weighted by Crippen LogP contribution is 2.28. The molecule has 466 valence electrons. The van der Waals surface area contributed by atoms with Gasteiger partial charge < -0.3 is 50.3 Å². The van der Waals surface area contributed by atoms with Crippen LogP contribution in [0.2, 0.25) is 0 Å². The molecule has 5 rings (SSSR count). The number of hydrogen-bond donors (Lipinski definition) is 4. The summed E-state index contributed by atoms with van der Waals surface area (Å²) >= 11 is 0. The van der Waals surface area contributed by atoms with Crippen molar-refractivity contribution in [3.05, 3.63) is 90.3 Å². The third-order valence-electron chi connectivity index (χ3n) is 16.9. The van der Waals surface area contributed by atoms with Crippen LogP contribution >= 0.6 is 0 Å². The van der Waals surface area contributed by atoms with Crippen LogP contribution in [0, 0.1) is 29.6 Å². The normalized spacial score (nSPS) is 25.4. The van der Waals surface area contributed by atoms with Gasteiger partial charge in [0.1, 0.15) is 42.3 Å². The first-order valence-corrected chi connectivity index (χ1v) is 30.2. The molecule has 0 bridgehead atoms. The number of likely N-dealkylation sites (N-methyl/N-ethyl adjacent to an activating group) is 4. The van der Waals surface area contributed by atoms with Gasteiger partial charge in [0.05, 0.1) is 5.60 Å². The van der Waals surface area contributed by atoms with E-state index in [1.54, 1.807) is 85.1 Å². The number of carbonyl (C=O) groups is 9. The Bertz CT molecular complexity index is 2790. The van der Waals surface area contributed by atoms with E-state index in [0.717, 1.165) is 16.0 Å². The molecule has 20 heteroatoms. The summed E-state index contributed by atoms with van der Waals surface area (Å²) in [4.78, 5) is 146. The van der Waals surface area contributed by atoms with Crippen molar-refractivity contribution in [2.24, 2.45) is 29.6 Å². The Kier molecular flexibility index (Phi) is 24.4. The van der Waals surface area contributed by atoms with Crippen molar-refractivity contribution in [2.45, 2.75) is 188 Å². The lowest BCUT2D eigenvalue weighted by Crippen LogP contribution is -2.63. The number of pyridine rings is 1. The molecular weight excluding hydrogens is 1080 g/mol. The second-order valence-electron chi connectivity index (χ2n) is 25.1. The zero-order valence-corrected chi connectivity index (χ0v) is 53.0. The van der Waals surface area contributed by atoms with Gasteiger partial charge in [0.25, 0.3) is 5.91 Å². The van der Waals surface area contributed by atoms with E-state index in [1.807, 2.05) is 63.2 Å². The third kappa shape index (κ3) is 17.0. The van der Waals surface area contributed by atoms with Gasteiger partial charge in [-0.1, -0.05) is 136 Å². The number of aliphatic hydroxyl groups is 1. The number of carbonyl (C=O) groups excluding carboxylic acids is 9. The predicted molar refractivity (Wildman–Crippen MR) is 325 cm³/mol. The summed E-state index contributed by atoms with van der Waals surface area (Å²) in [6.45, 7) is 20.6. The van der Waals surface area contributed by atoms with E-state index >= 15 is 19.2 Å². The number of nitrogens with zero attached hydrogens (tertiary/aromatic N) is 6. The van der Waals surface area contributed by atoms with Gasteiger partial charge in [-0.05, 0) is 91.5 Å². The molecule has 4 N–H and O–H groups in total. The van der Waals surface area contributed by atoms with Gasteiger partial charge in [0.15, 0.2) is 12.1 Å². The monoisotopic (exact) mass is 1180 g/mol. The zero-order chi connectivity index (χ0) is 63.4. The van der Waals surface area contributed by atoms with Crippen molar-refractivity contribution in [3.8, 4) is 11.1 Å². The number of cyclic esters (lactones) is 1. The maximum absolute atomic E-state index is 15.6. The van der Waals surface area contributed by atoms with Crippen molar-refractivity contribution in [3.63, 3.8) is 0 Å². The Hall–Kier alpha value is -7.22. The lowest BCUT2D eigenvalue weighted by Gasteiger charge is -2.39. The van der Waals surface area contributed by atoms with Crippen LogP contribution in [0.3, 0.4) is 0 Å². The minimum atomic E-state index is -1.98. The maximum Gasteiger partial charge on any atom is 0.332 e. The van der Waals surface area contributed by atoms with Gasteiger partial charge >= 0.3 is 5.97 Å². The van der Waals surface area contributed by atoms with E-state index in [9.17, 15) is 29.1 Å². The molecule has 1 aromatic heterocycles. The van der Waals surface area contributed by atoms with Gasteiger partial charge in [-0.15, -0.1) is 0 Å². The smallest absolute Gasteiger partial charge is 0.332 e.